The van der Waals surface area contributed by atoms with Gasteiger partial charge in [-0.05, 0) is 18.6 Å². The average molecular weight is 231 g/mol. The van der Waals surface area contributed by atoms with Gasteiger partial charge < -0.3 is 10.2 Å². The molecule has 0 radical (unpaired) electrons. The van der Waals surface area contributed by atoms with Crippen molar-refractivity contribution in [2.75, 3.05) is 0 Å². The fraction of sp³-hybridized carbons (Fsp3) is 0.357. The molecule has 0 aliphatic carbocycles. The zero-order valence-corrected chi connectivity index (χ0v) is 9.98. The largest absolute Gasteiger partial charge is 0.453 e. The number of ketones is 1. The lowest BCUT2D eigenvalue weighted by Gasteiger charge is -2.06. The van der Waals surface area contributed by atoms with Crippen LogP contribution in [0.1, 0.15) is 36.7 Å². The smallest absolute Gasteiger partial charge is 0.199 e. The third-order valence-corrected chi connectivity index (χ3v) is 2.81. The lowest BCUT2D eigenvalue weighted by Crippen LogP contribution is -2.23. The van der Waals surface area contributed by atoms with E-state index in [2.05, 4.69) is 6.92 Å². The summed E-state index contributed by atoms with van der Waals surface area (Å²) in [4.78, 5) is 11.9. The Labute approximate surface area is 101 Å². The molecule has 1 aromatic heterocycles. The zero-order valence-electron chi connectivity index (χ0n) is 9.98. The van der Waals surface area contributed by atoms with Crippen LogP contribution in [-0.4, -0.2) is 11.8 Å². The van der Waals surface area contributed by atoms with Gasteiger partial charge in [0.1, 0.15) is 5.58 Å². The van der Waals surface area contributed by atoms with Crippen molar-refractivity contribution >= 4 is 16.8 Å². The number of hydrogen-bond acceptors (Lipinski definition) is 3. The van der Waals surface area contributed by atoms with Crippen LogP contribution < -0.4 is 5.73 Å². The van der Waals surface area contributed by atoms with E-state index in [0.717, 1.165) is 23.8 Å². The van der Waals surface area contributed by atoms with E-state index < -0.39 is 0 Å². The number of Topliss-reactive ketones (excluding diaryl/α,β-unsaturated/α-hetero) is 1. The van der Waals surface area contributed by atoms with E-state index in [1.54, 1.807) is 6.07 Å². The zero-order chi connectivity index (χ0) is 12.3. The molecule has 0 amide bonds. The monoisotopic (exact) mass is 231 g/mol. The number of carbonyl (C=O) groups excluding carboxylic acids is 1. The quantitative estimate of drug-likeness (QED) is 0.804. The first-order valence-electron chi connectivity index (χ1n) is 5.98. The van der Waals surface area contributed by atoms with Crippen LogP contribution >= 0.6 is 0 Å². The minimum Gasteiger partial charge on any atom is -0.453 e. The van der Waals surface area contributed by atoms with Crippen LogP contribution in [0.3, 0.4) is 0 Å². The van der Waals surface area contributed by atoms with Gasteiger partial charge in [0, 0.05) is 17.8 Å². The molecule has 0 aliphatic rings. The van der Waals surface area contributed by atoms with E-state index in [1.165, 1.54) is 0 Å². The molecular weight excluding hydrogens is 214 g/mol. The van der Waals surface area contributed by atoms with Crippen LogP contribution in [0.4, 0.5) is 0 Å². The topological polar surface area (TPSA) is 56.2 Å². The summed E-state index contributed by atoms with van der Waals surface area (Å²) in [6, 6.07) is 9.33. The first-order valence-corrected chi connectivity index (χ1v) is 5.98. The van der Waals surface area contributed by atoms with Crippen molar-refractivity contribution in [3.8, 4) is 0 Å². The Bertz CT molecular complexity index is 483. The second-order valence-corrected chi connectivity index (χ2v) is 4.32. The molecule has 0 spiro atoms. The van der Waals surface area contributed by atoms with Crippen molar-refractivity contribution in [1.29, 1.82) is 0 Å². The molecule has 2 rings (SSSR count). The molecule has 2 N–H and O–H groups in total. The molecule has 3 heteroatoms. The van der Waals surface area contributed by atoms with E-state index in [4.69, 9.17) is 10.2 Å². The Kier molecular flexibility index (Phi) is 3.59. The molecule has 90 valence electrons. The number of nitrogens with two attached hydrogens (primary N) is 1. The number of carbonyl (C=O) groups is 1. The van der Waals surface area contributed by atoms with Crippen molar-refractivity contribution in [2.45, 2.75) is 32.2 Å². The van der Waals surface area contributed by atoms with E-state index >= 15 is 0 Å². The summed E-state index contributed by atoms with van der Waals surface area (Å²) < 4.78 is 5.50. The van der Waals surface area contributed by atoms with E-state index in [1.807, 2.05) is 24.3 Å². The number of hydrogen-bond donors (Lipinski definition) is 1. The second kappa shape index (κ2) is 5.15. The fourth-order valence-electron chi connectivity index (χ4n) is 1.93. The standard InChI is InChI=1S/C14H17NO2/c1-2-5-11(15)9-12(16)14-8-10-6-3-4-7-13(10)17-14/h3-4,6-8,11H,2,5,9,15H2,1H3. The molecule has 0 saturated heterocycles. The predicted octanol–water partition coefficient (Wildman–Crippen LogP) is 3.13. The van der Waals surface area contributed by atoms with Crippen LogP contribution in [0.15, 0.2) is 34.7 Å². The highest BCUT2D eigenvalue weighted by Crippen LogP contribution is 2.20. The third-order valence-electron chi connectivity index (χ3n) is 2.81. The molecule has 0 fully saturated rings. The van der Waals surface area contributed by atoms with Gasteiger partial charge >= 0.3 is 0 Å². The van der Waals surface area contributed by atoms with E-state index in [-0.39, 0.29) is 11.8 Å². The molecule has 0 bridgehead atoms. The summed E-state index contributed by atoms with van der Waals surface area (Å²) in [7, 11) is 0. The normalized spacial score (nSPS) is 12.8. The minimum atomic E-state index is -0.0688. The average Bonchev–Trinajstić information content (AvgIpc) is 2.72. The van der Waals surface area contributed by atoms with Crippen LogP contribution in [0.5, 0.6) is 0 Å². The summed E-state index contributed by atoms with van der Waals surface area (Å²) in [5.41, 5.74) is 6.60. The Balaban J connectivity index is 2.13. The van der Waals surface area contributed by atoms with Gasteiger partial charge in [0.15, 0.2) is 11.5 Å². The van der Waals surface area contributed by atoms with Gasteiger partial charge in [-0.15, -0.1) is 0 Å². The molecule has 17 heavy (non-hydrogen) atoms. The molecular formula is C14H17NO2. The first kappa shape index (κ1) is 11.9. The van der Waals surface area contributed by atoms with Crippen LogP contribution in [-0.2, 0) is 0 Å². The van der Waals surface area contributed by atoms with Crippen molar-refractivity contribution < 1.29 is 9.21 Å². The number of furan rings is 1. The first-order chi connectivity index (χ1) is 8.20. The number of benzene rings is 1. The van der Waals surface area contributed by atoms with Crippen LogP contribution in [0.25, 0.3) is 11.0 Å². The highest BCUT2D eigenvalue weighted by Gasteiger charge is 2.15. The molecule has 0 aliphatic heterocycles. The SMILES string of the molecule is CCCC(N)CC(=O)c1cc2ccccc2o1. The van der Waals surface area contributed by atoms with E-state index in [0.29, 0.717) is 12.2 Å². The van der Waals surface area contributed by atoms with Crippen LogP contribution in [0.2, 0.25) is 0 Å². The molecule has 3 nitrogen and oxygen atoms in total. The van der Waals surface area contributed by atoms with Crippen LogP contribution in [0, 0.1) is 0 Å². The molecule has 0 saturated carbocycles. The minimum absolute atomic E-state index is 0.0119. The number of rotatable bonds is 5. The summed E-state index contributed by atoms with van der Waals surface area (Å²) in [6.07, 6.45) is 2.22. The highest BCUT2D eigenvalue weighted by molar-refractivity contribution is 5.97. The Morgan fingerprint density at radius 1 is 1.41 bits per heavy atom. The number of para-hydroxylation sites is 1. The lowest BCUT2D eigenvalue weighted by molar-refractivity contribution is 0.0948. The van der Waals surface area contributed by atoms with Gasteiger partial charge in [0.2, 0.25) is 0 Å². The molecule has 1 aromatic carbocycles. The van der Waals surface area contributed by atoms with Gasteiger partial charge in [0.25, 0.3) is 0 Å². The highest BCUT2D eigenvalue weighted by atomic mass is 16.3. The maximum Gasteiger partial charge on any atom is 0.199 e. The summed E-state index contributed by atoms with van der Waals surface area (Å²) >= 11 is 0. The number of fused-ring (bicyclic) bond motifs is 1. The lowest BCUT2D eigenvalue weighted by atomic mass is 10.1. The van der Waals surface area contributed by atoms with Gasteiger partial charge in [-0.25, -0.2) is 0 Å². The van der Waals surface area contributed by atoms with Gasteiger partial charge in [0.05, 0.1) is 0 Å². The fourth-order valence-corrected chi connectivity index (χ4v) is 1.93. The van der Waals surface area contributed by atoms with Crippen molar-refractivity contribution in [3.05, 3.63) is 36.1 Å². The maximum atomic E-state index is 11.9. The van der Waals surface area contributed by atoms with Gasteiger partial charge in [-0.3, -0.25) is 4.79 Å². The Morgan fingerprint density at radius 2 is 2.18 bits per heavy atom. The van der Waals surface area contributed by atoms with Gasteiger partial charge in [-0.2, -0.15) is 0 Å². The predicted molar refractivity (Wildman–Crippen MR) is 68.0 cm³/mol. The summed E-state index contributed by atoms with van der Waals surface area (Å²) in [6.45, 7) is 2.06. The van der Waals surface area contributed by atoms with Crippen molar-refractivity contribution in [1.82, 2.24) is 0 Å². The van der Waals surface area contributed by atoms with E-state index in [9.17, 15) is 4.79 Å². The van der Waals surface area contributed by atoms with Crippen molar-refractivity contribution in [2.24, 2.45) is 5.73 Å². The van der Waals surface area contributed by atoms with Gasteiger partial charge in [-0.1, -0.05) is 31.5 Å². The Hall–Kier alpha value is -1.61. The molecule has 2 aromatic rings. The third kappa shape index (κ3) is 2.74. The summed E-state index contributed by atoms with van der Waals surface area (Å²) in [5.74, 6) is 0.403. The second-order valence-electron chi connectivity index (χ2n) is 4.32. The molecule has 1 atom stereocenters. The molecule has 1 heterocycles. The maximum absolute atomic E-state index is 11.9. The Morgan fingerprint density at radius 3 is 2.88 bits per heavy atom. The van der Waals surface area contributed by atoms with Crippen molar-refractivity contribution in [3.63, 3.8) is 0 Å². The molecule has 1 unspecified atom stereocenters. The summed E-state index contributed by atoms with van der Waals surface area (Å²) in [5, 5.41) is 0.958.